The molecule has 5 nitrogen and oxygen atoms in total. The molecule has 0 amide bonds. The van der Waals surface area contributed by atoms with Crippen LogP contribution in [0.4, 0.5) is 0 Å². The number of carbonyl (C=O) groups is 1. The molecule has 1 fully saturated rings. The highest BCUT2D eigenvalue weighted by Crippen LogP contribution is 2.38. The van der Waals surface area contributed by atoms with Gasteiger partial charge in [0.05, 0.1) is 18.6 Å². The minimum absolute atomic E-state index is 0.0171. The molecule has 0 aromatic heterocycles. The third-order valence-electron chi connectivity index (χ3n) is 3.35. The molecule has 0 aromatic carbocycles. The van der Waals surface area contributed by atoms with Crippen LogP contribution in [0.2, 0.25) is 0 Å². The van der Waals surface area contributed by atoms with Crippen molar-refractivity contribution in [3.8, 4) is 0 Å². The van der Waals surface area contributed by atoms with E-state index in [4.69, 9.17) is 14.2 Å². The van der Waals surface area contributed by atoms with Gasteiger partial charge in [0.25, 0.3) is 0 Å². The van der Waals surface area contributed by atoms with Crippen LogP contribution in [0.5, 0.6) is 0 Å². The molecular weight excluding hydrogens is 222 g/mol. The summed E-state index contributed by atoms with van der Waals surface area (Å²) in [4.78, 5) is 13.9. The van der Waals surface area contributed by atoms with Crippen molar-refractivity contribution >= 4 is 5.97 Å². The summed E-state index contributed by atoms with van der Waals surface area (Å²) in [6, 6.07) is -0.0171. The lowest BCUT2D eigenvalue weighted by atomic mass is 9.90. The Balaban J connectivity index is 1.83. The highest BCUT2D eigenvalue weighted by atomic mass is 16.7. The molecule has 3 atom stereocenters. The first-order chi connectivity index (χ1) is 8.31. The van der Waals surface area contributed by atoms with Gasteiger partial charge in [-0.1, -0.05) is 6.08 Å². The van der Waals surface area contributed by atoms with E-state index in [1.807, 2.05) is 30.3 Å². The molecule has 5 heteroatoms. The maximum Gasteiger partial charge on any atom is 0.311 e. The fraction of sp³-hybridized carbons (Fsp3) is 0.583. The van der Waals surface area contributed by atoms with Crippen molar-refractivity contribution in [2.45, 2.75) is 25.5 Å². The fourth-order valence-electron chi connectivity index (χ4n) is 2.62. The Morgan fingerprint density at radius 2 is 2.53 bits per heavy atom. The van der Waals surface area contributed by atoms with Gasteiger partial charge in [0.1, 0.15) is 11.9 Å². The van der Waals surface area contributed by atoms with Gasteiger partial charge in [-0.15, -0.1) is 0 Å². The van der Waals surface area contributed by atoms with Crippen LogP contribution in [-0.2, 0) is 19.0 Å². The first-order valence-electron chi connectivity index (χ1n) is 5.88. The van der Waals surface area contributed by atoms with E-state index in [2.05, 4.69) is 0 Å². The van der Waals surface area contributed by atoms with Crippen molar-refractivity contribution in [1.29, 1.82) is 0 Å². The topological polar surface area (TPSA) is 48.0 Å². The predicted octanol–water partition coefficient (Wildman–Crippen LogP) is 0.982. The van der Waals surface area contributed by atoms with Crippen LogP contribution in [0.1, 0.15) is 13.3 Å². The SMILES string of the molecule is CCOC(=O)C1CC=CN2C=C3OCOC3C12. The third kappa shape index (κ3) is 1.61. The maximum absolute atomic E-state index is 11.9. The molecule has 0 radical (unpaired) electrons. The van der Waals surface area contributed by atoms with E-state index in [0.717, 1.165) is 5.76 Å². The van der Waals surface area contributed by atoms with Crippen LogP contribution in [0.15, 0.2) is 24.2 Å². The number of hydrogen-bond acceptors (Lipinski definition) is 5. The second-order valence-electron chi connectivity index (χ2n) is 4.30. The highest BCUT2D eigenvalue weighted by molar-refractivity contribution is 5.74. The predicted molar refractivity (Wildman–Crippen MR) is 58.4 cm³/mol. The van der Waals surface area contributed by atoms with Crippen molar-refractivity contribution in [2.75, 3.05) is 13.4 Å². The van der Waals surface area contributed by atoms with E-state index >= 15 is 0 Å². The molecular formula is C12H15NO4. The van der Waals surface area contributed by atoms with Gasteiger partial charge in [-0.3, -0.25) is 4.79 Å². The molecule has 3 heterocycles. The molecule has 1 saturated heterocycles. The van der Waals surface area contributed by atoms with Gasteiger partial charge in [-0.2, -0.15) is 0 Å². The number of rotatable bonds is 2. The maximum atomic E-state index is 11.9. The average Bonchev–Trinajstić information content (AvgIpc) is 2.88. The summed E-state index contributed by atoms with van der Waals surface area (Å²) >= 11 is 0. The Hall–Kier alpha value is -1.49. The summed E-state index contributed by atoms with van der Waals surface area (Å²) in [5.74, 6) is 0.480. The van der Waals surface area contributed by atoms with E-state index in [1.165, 1.54) is 0 Å². The summed E-state index contributed by atoms with van der Waals surface area (Å²) in [5, 5.41) is 0. The lowest BCUT2D eigenvalue weighted by Gasteiger charge is -2.33. The summed E-state index contributed by atoms with van der Waals surface area (Å²) in [6.07, 6.45) is 6.43. The molecule has 17 heavy (non-hydrogen) atoms. The van der Waals surface area contributed by atoms with E-state index in [9.17, 15) is 4.79 Å². The first-order valence-corrected chi connectivity index (χ1v) is 5.88. The highest BCUT2D eigenvalue weighted by Gasteiger charge is 2.48. The summed E-state index contributed by atoms with van der Waals surface area (Å²) < 4.78 is 16.0. The molecule has 3 rings (SSSR count). The van der Waals surface area contributed by atoms with Crippen molar-refractivity contribution in [3.63, 3.8) is 0 Å². The van der Waals surface area contributed by atoms with Gasteiger partial charge in [-0.05, 0) is 13.3 Å². The Kier molecular flexibility index (Phi) is 2.55. The normalized spacial score (nSPS) is 33.8. The Morgan fingerprint density at radius 1 is 1.65 bits per heavy atom. The molecule has 0 N–H and O–H groups in total. The second kappa shape index (κ2) is 4.07. The van der Waals surface area contributed by atoms with Gasteiger partial charge in [0, 0.05) is 12.4 Å². The van der Waals surface area contributed by atoms with Gasteiger partial charge >= 0.3 is 5.97 Å². The van der Waals surface area contributed by atoms with Crippen LogP contribution < -0.4 is 0 Å². The number of fused-ring (bicyclic) bond motifs is 3. The lowest BCUT2D eigenvalue weighted by Crippen LogP contribution is -2.45. The van der Waals surface area contributed by atoms with Crippen LogP contribution in [-0.4, -0.2) is 36.4 Å². The van der Waals surface area contributed by atoms with Crippen LogP contribution in [0.25, 0.3) is 0 Å². The first kappa shape index (κ1) is 10.7. The van der Waals surface area contributed by atoms with Gasteiger partial charge < -0.3 is 19.1 Å². The third-order valence-corrected chi connectivity index (χ3v) is 3.35. The summed E-state index contributed by atoms with van der Waals surface area (Å²) in [5.41, 5.74) is 0. The molecule has 0 saturated carbocycles. The molecule has 0 spiro atoms. The Labute approximate surface area is 99.6 Å². The zero-order valence-electron chi connectivity index (χ0n) is 9.67. The van der Waals surface area contributed by atoms with E-state index < -0.39 is 0 Å². The molecule has 3 aliphatic heterocycles. The van der Waals surface area contributed by atoms with Crippen molar-refractivity contribution in [1.82, 2.24) is 4.90 Å². The van der Waals surface area contributed by atoms with Crippen molar-refractivity contribution in [3.05, 3.63) is 24.2 Å². The van der Waals surface area contributed by atoms with E-state index in [0.29, 0.717) is 13.0 Å². The zero-order chi connectivity index (χ0) is 11.8. The van der Waals surface area contributed by atoms with Crippen LogP contribution >= 0.6 is 0 Å². The molecule has 92 valence electrons. The molecule has 0 aliphatic carbocycles. The Morgan fingerprint density at radius 3 is 3.35 bits per heavy atom. The molecule has 0 aromatic rings. The largest absolute Gasteiger partial charge is 0.467 e. The smallest absolute Gasteiger partial charge is 0.311 e. The lowest BCUT2D eigenvalue weighted by molar-refractivity contribution is -0.151. The van der Waals surface area contributed by atoms with Gasteiger partial charge in [-0.25, -0.2) is 0 Å². The summed E-state index contributed by atoms with van der Waals surface area (Å²) in [7, 11) is 0. The number of ether oxygens (including phenoxy) is 3. The van der Waals surface area contributed by atoms with Gasteiger partial charge in [0.15, 0.2) is 6.79 Å². The quantitative estimate of drug-likeness (QED) is 0.670. The van der Waals surface area contributed by atoms with Crippen LogP contribution in [0.3, 0.4) is 0 Å². The second-order valence-corrected chi connectivity index (χ2v) is 4.30. The number of allylic oxidation sites excluding steroid dienone is 1. The van der Waals surface area contributed by atoms with E-state index in [1.54, 1.807) is 0 Å². The molecule has 3 unspecified atom stereocenters. The molecule has 3 aliphatic rings. The van der Waals surface area contributed by atoms with Crippen LogP contribution in [0, 0.1) is 5.92 Å². The average molecular weight is 237 g/mol. The number of hydrogen-bond donors (Lipinski definition) is 0. The van der Waals surface area contributed by atoms with Crippen molar-refractivity contribution in [2.24, 2.45) is 5.92 Å². The van der Waals surface area contributed by atoms with Gasteiger partial charge in [0.2, 0.25) is 0 Å². The standard InChI is InChI=1S/C12H15NO4/c1-2-15-12(14)8-4-3-5-13-6-9-11(10(8)13)17-7-16-9/h3,5-6,8,10-11H,2,4,7H2,1H3. The molecule has 0 bridgehead atoms. The fourth-order valence-corrected chi connectivity index (χ4v) is 2.62. The minimum atomic E-state index is -0.180. The number of carbonyl (C=O) groups excluding carboxylic acids is 1. The zero-order valence-corrected chi connectivity index (χ0v) is 9.67. The van der Waals surface area contributed by atoms with E-state index in [-0.39, 0.29) is 30.8 Å². The summed E-state index contributed by atoms with van der Waals surface area (Å²) in [6.45, 7) is 2.51. The minimum Gasteiger partial charge on any atom is -0.467 e. The van der Waals surface area contributed by atoms with Crippen molar-refractivity contribution < 1.29 is 19.0 Å². The number of esters is 1. The monoisotopic (exact) mass is 237 g/mol. The number of nitrogens with zero attached hydrogens (tertiary/aromatic N) is 1. The Bertz CT molecular complexity index is 390.